The fraction of sp³-hybridized carbons (Fsp3) is 0.667. The highest BCUT2D eigenvalue weighted by Gasteiger charge is 2.07. The molecule has 0 spiro atoms. The number of rotatable bonds is 5. The Morgan fingerprint density at radius 2 is 2.29 bits per heavy atom. The second kappa shape index (κ2) is 4.74. The van der Waals surface area contributed by atoms with Crippen LogP contribution in [0.4, 0.5) is 0 Å². The van der Waals surface area contributed by atoms with Crippen molar-refractivity contribution in [3.63, 3.8) is 0 Å². The minimum Gasteiger partial charge on any atom is -0.481 e. The summed E-state index contributed by atoms with van der Waals surface area (Å²) in [7, 11) is 0. The van der Waals surface area contributed by atoms with Gasteiger partial charge in [-0.15, -0.1) is 0 Å². The van der Waals surface area contributed by atoms with Crippen molar-refractivity contribution in [3.8, 4) is 0 Å². The molecule has 14 heavy (non-hydrogen) atoms. The summed E-state index contributed by atoms with van der Waals surface area (Å²) in [5.74, 6) is 1.10. The summed E-state index contributed by atoms with van der Waals surface area (Å²) in [6.45, 7) is 4.04. The van der Waals surface area contributed by atoms with E-state index in [0.29, 0.717) is 18.8 Å². The summed E-state index contributed by atoms with van der Waals surface area (Å²) < 4.78 is 0. The summed E-state index contributed by atoms with van der Waals surface area (Å²) in [4.78, 5) is 14.5. The van der Waals surface area contributed by atoms with Gasteiger partial charge in [-0.3, -0.25) is 9.89 Å². The Hall–Kier alpha value is -1.39. The van der Waals surface area contributed by atoms with Gasteiger partial charge < -0.3 is 5.11 Å². The summed E-state index contributed by atoms with van der Waals surface area (Å²) >= 11 is 0. The maximum atomic E-state index is 10.3. The van der Waals surface area contributed by atoms with Crippen molar-refractivity contribution in [2.24, 2.45) is 0 Å². The highest BCUT2D eigenvalue weighted by atomic mass is 16.4. The second-order valence-electron chi connectivity index (χ2n) is 3.54. The largest absolute Gasteiger partial charge is 0.481 e. The first-order chi connectivity index (χ1) is 6.59. The standard InChI is InChI=1S/C9H15N3O2/c1-6(2)9-10-7(11-12-9)4-3-5-8(13)14/h6H,3-5H2,1-2H3,(H,13,14)(H,10,11,12). The van der Waals surface area contributed by atoms with Crippen LogP contribution in [-0.2, 0) is 11.2 Å². The van der Waals surface area contributed by atoms with Crippen LogP contribution in [0, 0.1) is 0 Å². The van der Waals surface area contributed by atoms with Gasteiger partial charge in [-0.1, -0.05) is 13.8 Å². The van der Waals surface area contributed by atoms with Crippen molar-refractivity contribution >= 4 is 5.97 Å². The van der Waals surface area contributed by atoms with E-state index in [2.05, 4.69) is 15.2 Å². The molecule has 0 radical (unpaired) electrons. The van der Waals surface area contributed by atoms with Crippen LogP contribution in [0.3, 0.4) is 0 Å². The quantitative estimate of drug-likeness (QED) is 0.746. The van der Waals surface area contributed by atoms with E-state index in [9.17, 15) is 4.79 Å². The first-order valence-corrected chi connectivity index (χ1v) is 4.72. The molecule has 0 aliphatic rings. The fourth-order valence-corrected chi connectivity index (χ4v) is 1.09. The molecule has 0 bridgehead atoms. The van der Waals surface area contributed by atoms with Crippen molar-refractivity contribution in [2.45, 2.75) is 39.0 Å². The number of nitrogens with one attached hydrogen (secondary N) is 1. The smallest absolute Gasteiger partial charge is 0.303 e. The summed E-state index contributed by atoms with van der Waals surface area (Å²) in [5.41, 5.74) is 0. The molecule has 1 rings (SSSR count). The molecular formula is C9H15N3O2. The Balaban J connectivity index is 2.40. The lowest BCUT2D eigenvalue weighted by molar-refractivity contribution is -0.137. The number of H-pyrrole nitrogens is 1. The lowest BCUT2D eigenvalue weighted by Crippen LogP contribution is -1.97. The number of hydrogen-bond donors (Lipinski definition) is 2. The van der Waals surface area contributed by atoms with Crippen LogP contribution in [0.1, 0.15) is 44.3 Å². The molecule has 0 atom stereocenters. The van der Waals surface area contributed by atoms with Gasteiger partial charge in [0.25, 0.3) is 0 Å². The zero-order valence-electron chi connectivity index (χ0n) is 8.45. The van der Waals surface area contributed by atoms with Crippen LogP contribution < -0.4 is 0 Å². The zero-order valence-corrected chi connectivity index (χ0v) is 8.45. The van der Waals surface area contributed by atoms with Crippen LogP contribution in [-0.4, -0.2) is 26.3 Å². The van der Waals surface area contributed by atoms with Crippen LogP contribution >= 0.6 is 0 Å². The molecule has 0 saturated carbocycles. The molecule has 0 unspecified atom stereocenters. The van der Waals surface area contributed by atoms with Crippen molar-refractivity contribution in [3.05, 3.63) is 11.6 Å². The first-order valence-electron chi connectivity index (χ1n) is 4.72. The third-order valence-electron chi connectivity index (χ3n) is 1.87. The zero-order chi connectivity index (χ0) is 10.6. The Kier molecular flexibility index (Phi) is 3.62. The van der Waals surface area contributed by atoms with E-state index >= 15 is 0 Å². The van der Waals surface area contributed by atoms with E-state index in [1.165, 1.54) is 0 Å². The minimum absolute atomic E-state index is 0.178. The molecule has 0 aliphatic carbocycles. The fourth-order valence-electron chi connectivity index (χ4n) is 1.09. The average Bonchev–Trinajstić information content (AvgIpc) is 2.52. The van der Waals surface area contributed by atoms with Gasteiger partial charge in [-0.05, 0) is 6.42 Å². The second-order valence-corrected chi connectivity index (χ2v) is 3.54. The highest BCUT2D eigenvalue weighted by Crippen LogP contribution is 2.08. The predicted octanol–water partition coefficient (Wildman–Crippen LogP) is 1.34. The van der Waals surface area contributed by atoms with Gasteiger partial charge in [-0.2, -0.15) is 5.10 Å². The molecule has 1 aromatic rings. The van der Waals surface area contributed by atoms with Gasteiger partial charge in [0.1, 0.15) is 5.82 Å². The van der Waals surface area contributed by atoms with Gasteiger partial charge in [0.05, 0.1) is 0 Å². The first kappa shape index (κ1) is 10.7. The molecule has 0 aromatic carbocycles. The minimum atomic E-state index is -0.770. The number of aromatic nitrogens is 3. The summed E-state index contributed by atoms with van der Waals surface area (Å²) in [6, 6.07) is 0. The Bertz CT molecular complexity index is 307. The maximum Gasteiger partial charge on any atom is 0.303 e. The third-order valence-corrected chi connectivity index (χ3v) is 1.87. The van der Waals surface area contributed by atoms with Crippen molar-refractivity contribution in [1.82, 2.24) is 15.2 Å². The molecule has 1 heterocycles. The van der Waals surface area contributed by atoms with E-state index in [0.717, 1.165) is 11.6 Å². The Labute approximate surface area is 82.6 Å². The van der Waals surface area contributed by atoms with E-state index < -0.39 is 5.97 Å². The number of carboxylic acid groups (broad SMARTS) is 1. The molecule has 78 valence electrons. The third kappa shape index (κ3) is 3.16. The summed E-state index contributed by atoms with van der Waals surface area (Å²) in [5, 5.41) is 15.3. The number of carboxylic acids is 1. The average molecular weight is 197 g/mol. The molecule has 2 N–H and O–H groups in total. The van der Waals surface area contributed by atoms with Crippen LogP contribution in [0.15, 0.2) is 0 Å². The number of hydrogen-bond acceptors (Lipinski definition) is 3. The SMILES string of the molecule is CC(C)c1n[nH]c(CCCC(=O)O)n1. The van der Waals surface area contributed by atoms with Crippen molar-refractivity contribution < 1.29 is 9.90 Å². The van der Waals surface area contributed by atoms with E-state index in [-0.39, 0.29) is 6.42 Å². The van der Waals surface area contributed by atoms with Crippen molar-refractivity contribution in [1.29, 1.82) is 0 Å². The Morgan fingerprint density at radius 3 is 2.79 bits per heavy atom. The highest BCUT2D eigenvalue weighted by molar-refractivity contribution is 5.66. The monoisotopic (exact) mass is 197 g/mol. The number of nitrogens with zero attached hydrogens (tertiary/aromatic N) is 2. The molecule has 1 aromatic heterocycles. The van der Waals surface area contributed by atoms with E-state index in [4.69, 9.17) is 5.11 Å². The van der Waals surface area contributed by atoms with Gasteiger partial charge >= 0.3 is 5.97 Å². The number of aromatic amines is 1. The Morgan fingerprint density at radius 1 is 1.57 bits per heavy atom. The lowest BCUT2D eigenvalue weighted by Gasteiger charge is -1.94. The number of aryl methyl sites for hydroxylation is 1. The van der Waals surface area contributed by atoms with E-state index in [1.54, 1.807) is 0 Å². The molecule has 0 saturated heterocycles. The molecule has 0 fully saturated rings. The lowest BCUT2D eigenvalue weighted by atomic mass is 10.2. The topological polar surface area (TPSA) is 78.9 Å². The molecule has 5 heteroatoms. The molecule has 5 nitrogen and oxygen atoms in total. The van der Waals surface area contributed by atoms with Gasteiger partial charge in [0, 0.05) is 18.8 Å². The summed E-state index contributed by atoms with van der Waals surface area (Å²) in [6.07, 6.45) is 1.42. The maximum absolute atomic E-state index is 10.3. The van der Waals surface area contributed by atoms with Gasteiger partial charge in [-0.25, -0.2) is 4.98 Å². The van der Waals surface area contributed by atoms with Crippen LogP contribution in [0.2, 0.25) is 0 Å². The van der Waals surface area contributed by atoms with Crippen LogP contribution in [0.5, 0.6) is 0 Å². The van der Waals surface area contributed by atoms with Crippen LogP contribution in [0.25, 0.3) is 0 Å². The predicted molar refractivity (Wildman–Crippen MR) is 51.0 cm³/mol. The normalized spacial score (nSPS) is 10.8. The van der Waals surface area contributed by atoms with E-state index in [1.807, 2.05) is 13.8 Å². The van der Waals surface area contributed by atoms with Crippen molar-refractivity contribution in [2.75, 3.05) is 0 Å². The van der Waals surface area contributed by atoms with Gasteiger partial charge in [0.2, 0.25) is 0 Å². The molecule has 0 aliphatic heterocycles. The van der Waals surface area contributed by atoms with Gasteiger partial charge in [0.15, 0.2) is 5.82 Å². The number of aliphatic carboxylic acids is 1. The molecule has 0 amide bonds. The number of carbonyl (C=O) groups is 1. The molecular weight excluding hydrogens is 182 g/mol.